The van der Waals surface area contributed by atoms with Crippen molar-refractivity contribution >= 4 is 46.6 Å². The van der Waals surface area contributed by atoms with Crippen LogP contribution in [0, 0.1) is 0 Å². The molecule has 2 aromatic rings. The number of rotatable bonds is 6. The summed E-state index contributed by atoms with van der Waals surface area (Å²) in [5, 5.41) is 5.96. The minimum absolute atomic E-state index is 0.128. The highest BCUT2D eigenvalue weighted by Crippen LogP contribution is 2.37. The molecule has 1 fully saturated rings. The smallest absolute Gasteiger partial charge is 0.234 e. The average Bonchev–Trinajstić information content (AvgIpc) is 2.73. The molecule has 170 valence electrons. The zero-order valence-corrected chi connectivity index (χ0v) is 20.1. The van der Waals surface area contributed by atoms with E-state index in [9.17, 15) is 14.4 Å². The van der Waals surface area contributed by atoms with Gasteiger partial charge in [0.2, 0.25) is 17.7 Å². The number of hydrogen-bond donors (Lipinski definition) is 2. The second-order valence-corrected chi connectivity index (χ2v) is 9.54. The Morgan fingerprint density at radius 1 is 1.12 bits per heavy atom. The van der Waals surface area contributed by atoms with Crippen LogP contribution in [0.1, 0.15) is 49.3 Å². The van der Waals surface area contributed by atoms with Gasteiger partial charge in [0.05, 0.1) is 11.3 Å². The first-order valence-corrected chi connectivity index (χ1v) is 11.1. The molecule has 32 heavy (non-hydrogen) atoms. The first-order valence-electron chi connectivity index (χ1n) is 10.4. The first kappa shape index (κ1) is 24.1. The summed E-state index contributed by atoms with van der Waals surface area (Å²) in [6.07, 6.45) is 0.604. The zero-order chi connectivity index (χ0) is 23.6. The average molecular weight is 476 g/mol. The van der Waals surface area contributed by atoms with E-state index in [1.165, 1.54) is 0 Å². The molecule has 0 bridgehead atoms. The molecule has 1 saturated heterocycles. The second kappa shape index (κ2) is 9.51. The maximum absolute atomic E-state index is 12.9. The third-order valence-corrected chi connectivity index (χ3v) is 6.48. The van der Waals surface area contributed by atoms with Crippen LogP contribution < -0.4 is 15.5 Å². The molecule has 0 aliphatic carbocycles. The van der Waals surface area contributed by atoms with Gasteiger partial charge in [0, 0.05) is 48.4 Å². The third kappa shape index (κ3) is 5.08. The zero-order valence-electron chi connectivity index (χ0n) is 18.6. The Morgan fingerprint density at radius 3 is 2.25 bits per heavy atom. The predicted molar refractivity (Wildman–Crippen MR) is 127 cm³/mol. The number of piperidine rings is 1. The van der Waals surface area contributed by atoms with Crippen molar-refractivity contribution in [3.8, 4) is 0 Å². The molecule has 8 heteroatoms. The monoisotopic (exact) mass is 475 g/mol. The summed E-state index contributed by atoms with van der Waals surface area (Å²) in [4.78, 5) is 38.6. The second-order valence-electron chi connectivity index (χ2n) is 8.73. The molecule has 0 spiro atoms. The predicted octanol–water partition coefficient (Wildman–Crippen LogP) is 4.17. The van der Waals surface area contributed by atoms with Crippen molar-refractivity contribution in [2.24, 2.45) is 0 Å². The van der Waals surface area contributed by atoms with E-state index in [0.717, 1.165) is 16.8 Å². The Labute approximate surface area is 198 Å². The molecule has 6 nitrogen and oxygen atoms in total. The van der Waals surface area contributed by atoms with Crippen LogP contribution in [-0.4, -0.2) is 31.8 Å². The van der Waals surface area contributed by atoms with Gasteiger partial charge in [-0.2, -0.15) is 0 Å². The lowest BCUT2D eigenvalue weighted by Crippen LogP contribution is -2.40. The summed E-state index contributed by atoms with van der Waals surface area (Å²) in [6, 6.07) is 11.3. The van der Waals surface area contributed by atoms with Crippen LogP contribution in [0.3, 0.4) is 0 Å². The lowest BCUT2D eigenvalue weighted by molar-refractivity contribution is -0.134. The maximum atomic E-state index is 12.9. The Kier molecular flexibility index (Phi) is 7.16. The first-order chi connectivity index (χ1) is 15.0. The van der Waals surface area contributed by atoms with E-state index in [2.05, 4.69) is 10.6 Å². The van der Waals surface area contributed by atoms with E-state index in [-0.39, 0.29) is 24.8 Å². The highest BCUT2D eigenvalue weighted by molar-refractivity contribution is 6.36. The van der Waals surface area contributed by atoms with Gasteiger partial charge in [-0.1, -0.05) is 35.3 Å². The molecule has 3 rings (SSSR count). The summed E-state index contributed by atoms with van der Waals surface area (Å²) in [5.74, 6) is -1.39. The van der Waals surface area contributed by atoms with Crippen LogP contribution in [-0.2, 0) is 26.3 Å². The number of carbonyl (C=O) groups excluding carboxylic acids is 3. The number of halogens is 2. The standard InChI is InChI=1S/C24H27Cl2N3O3/c1-24(2,15-5-7-16(8-6-15)29(3)4)23(32)27-13-14-11-18(25)21(19(26)12-14)17-9-10-20(30)28-22(17)31/h5-8,11-12,17H,9-10,13H2,1-4H3,(H,27,32)(H,28,30,31). The maximum Gasteiger partial charge on any atom is 0.234 e. The van der Waals surface area contributed by atoms with Gasteiger partial charge in [0.25, 0.3) is 0 Å². The van der Waals surface area contributed by atoms with Crippen molar-refractivity contribution in [2.45, 2.75) is 44.6 Å². The number of carbonyl (C=O) groups is 3. The molecule has 0 saturated carbocycles. The largest absolute Gasteiger partial charge is 0.378 e. The van der Waals surface area contributed by atoms with Crippen molar-refractivity contribution < 1.29 is 14.4 Å². The van der Waals surface area contributed by atoms with Gasteiger partial charge >= 0.3 is 0 Å². The minimum atomic E-state index is -0.731. The summed E-state index contributed by atoms with van der Waals surface area (Å²) >= 11 is 12.9. The lowest BCUT2D eigenvalue weighted by atomic mass is 9.83. The molecule has 1 unspecified atom stereocenters. The molecule has 2 aromatic carbocycles. The molecule has 1 atom stereocenters. The van der Waals surface area contributed by atoms with E-state index >= 15 is 0 Å². The van der Waals surface area contributed by atoms with E-state index < -0.39 is 17.2 Å². The minimum Gasteiger partial charge on any atom is -0.378 e. The fourth-order valence-electron chi connectivity index (χ4n) is 3.75. The topological polar surface area (TPSA) is 78.5 Å². The fourth-order valence-corrected chi connectivity index (χ4v) is 4.55. The normalized spacial score (nSPS) is 16.5. The molecule has 1 aliphatic heterocycles. The van der Waals surface area contributed by atoms with Crippen LogP contribution in [0.4, 0.5) is 5.69 Å². The molecule has 1 heterocycles. The van der Waals surface area contributed by atoms with Crippen LogP contribution in [0.5, 0.6) is 0 Å². The number of nitrogens with one attached hydrogen (secondary N) is 2. The summed E-state index contributed by atoms with van der Waals surface area (Å²) in [7, 11) is 3.93. The number of amides is 3. The van der Waals surface area contributed by atoms with Gasteiger partial charge in [-0.25, -0.2) is 0 Å². The van der Waals surface area contributed by atoms with Crippen molar-refractivity contribution in [1.29, 1.82) is 0 Å². The van der Waals surface area contributed by atoms with E-state index in [4.69, 9.17) is 23.2 Å². The van der Waals surface area contributed by atoms with Gasteiger partial charge in [-0.3, -0.25) is 19.7 Å². The SMILES string of the molecule is CN(C)c1ccc(C(C)(C)C(=O)NCc2cc(Cl)c(C3CCC(=O)NC3=O)c(Cl)c2)cc1. The van der Waals surface area contributed by atoms with Gasteiger partial charge in [-0.05, 0) is 55.7 Å². The fraction of sp³-hybridized carbons (Fsp3) is 0.375. The van der Waals surface area contributed by atoms with Gasteiger partial charge in [0.1, 0.15) is 0 Å². The molecule has 3 amide bonds. The van der Waals surface area contributed by atoms with Gasteiger partial charge < -0.3 is 10.2 Å². The van der Waals surface area contributed by atoms with Crippen LogP contribution in [0.2, 0.25) is 10.0 Å². The van der Waals surface area contributed by atoms with Crippen molar-refractivity contribution in [3.05, 3.63) is 63.1 Å². The molecular formula is C24H27Cl2N3O3. The molecule has 2 N–H and O–H groups in total. The van der Waals surface area contributed by atoms with Crippen LogP contribution >= 0.6 is 23.2 Å². The Balaban J connectivity index is 1.71. The van der Waals surface area contributed by atoms with E-state index in [1.54, 1.807) is 12.1 Å². The number of imide groups is 1. The third-order valence-electron chi connectivity index (χ3n) is 5.85. The number of nitrogens with zero attached hydrogens (tertiary/aromatic N) is 1. The highest BCUT2D eigenvalue weighted by atomic mass is 35.5. The number of anilines is 1. The molecular weight excluding hydrogens is 449 g/mol. The van der Waals surface area contributed by atoms with E-state index in [0.29, 0.717) is 22.0 Å². The number of hydrogen-bond acceptors (Lipinski definition) is 4. The molecule has 0 aromatic heterocycles. The van der Waals surface area contributed by atoms with Gasteiger partial charge in [-0.15, -0.1) is 0 Å². The van der Waals surface area contributed by atoms with Crippen LogP contribution in [0.15, 0.2) is 36.4 Å². The lowest BCUT2D eigenvalue weighted by Gasteiger charge is -2.26. The highest BCUT2D eigenvalue weighted by Gasteiger charge is 2.32. The van der Waals surface area contributed by atoms with Crippen molar-refractivity contribution in [1.82, 2.24) is 10.6 Å². The quantitative estimate of drug-likeness (QED) is 0.614. The number of benzene rings is 2. The summed E-state index contributed by atoms with van der Waals surface area (Å²) < 4.78 is 0. The Hall–Kier alpha value is -2.57. The molecule has 0 radical (unpaired) electrons. The summed E-state index contributed by atoms with van der Waals surface area (Å²) in [6.45, 7) is 3.99. The van der Waals surface area contributed by atoms with Gasteiger partial charge in [0.15, 0.2) is 0 Å². The van der Waals surface area contributed by atoms with Crippen molar-refractivity contribution in [2.75, 3.05) is 19.0 Å². The Morgan fingerprint density at radius 2 is 1.72 bits per heavy atom. The van der Waals surface area contributed by atoms with Crippen molar-refractivity contribution in [3.63, 3.8) is 0 Å². The van der Waals surface area contributed by atoms with Crippen LogP contribution in [0.25, 0.3) is 0 Å². The Bertz CT molecular complexity index is 1030. The molecule has 1 aliphatic rings. The summed E-state index contributed by atoms with van der Waals surface area (Å²) in [5.41, 5.74) is 2.47. The van der Waals surface area contributed by atoms with E-state index in [1.807, 2.05) is 57.1 Å².